The highest BCUT2D eigenvalue weighted by atomic mass is 79.9. The van der Waals surface area contributed by atoms with E-state index < -0.39 is 12.8 Å². The molecule has 1 rings (SSSR count). The largest absolute Gasteiger partial charge is 0.411 e. The molecule has 6 heteroatoms. The summed E-state index contributed by atoms with van der Waals surface area (Å²) in [5.41, 5.74) is 1.10. The summed E-state index contributed by atoms with van der Waals surface area (Å²) in [7, 11) is 0. The van der Waals surface area contributed by atoms with E-state index in [1.165, 1.54) is 0 Å². The summed E-state index contributed by atoms with van der Waals surface area (Å²) >= 11 is 3.40. The third kappa shape index (κ3) is 6.94. The molecule has 0 aromatic heterocycles. The fraction of sp³-hybridized carbons (Fsp3) is 0.538. The first-order chi connectivity index (χ1) is 8.92. The first-order valence-electron chi connectivity index (χ1n) is 6.05. The molecular formula is C13H17BrF3NO. The van der Waals surface area contributed by atoms with Crippen LogP contribution in [0.2, 0.25) is 0 Å². The van der Waals surface area contributed by atoms with Gasteiger partial charge in [0.25, 0.3) is 0 Å². The quantitative estimate of drug-likeness (QED) is 0.756. The van der Waals surface area contributed by atoms with Gasteiger partial charge in [-0.1, -0.05) is 35.0 Å². The van der Waals surface area contributed by atoms with Crippen LogP contribution in [0.4, 0.5) is 13.2 Å². The summed E-state index contributed by atoms with van der Waals surface area (Å²) in [6.07, 6.45) is -3.40. The lowest BCUT2D eigenvalue weighted by Crippen LogP contribution is -2.27. The van der Waals surface area contributed by atoms with E-state index in [-0.39, 0.29) is 12.6 Å². The van der Waals surface area contributed by atoms with E-state index in [9.17, 15) is 13.2 Å². The van der Waals surface area contributed by atoms with Crippen molar-refractivity contribution in [3.8, 4) is 0 Å². The molecule has 19 heavy (non-hydrogen) atoms. The van der Waals surface area contributed by atoms with Crippen LogP contribution in [0, 0.1) is 0 Å². The van der Waals surface area contributed by atoms with Crippen LogP contribution >= 0.6 is 15.9 Å². The van der Waals surface area contributed by atoms with Crippen LogP contribution < -0.4 is 5.32 Å². The lowest BCUT2D eigenvalue weighted by molar-refractivity contribution is -0.173. The lowest BCUT2D eigenvalue weighted by atomic mass is 10.1. The Morgan fingerprint density at radius 1 is 1.37 bits per heavy atom. The summed E-state index contributed by atoms with van der Waals surface area (Å²) in [4.78, 5) is 0. The SMILES string of the molecule is CCC(NCCOCC(F)(F)F)c1cccc(Br)c1. The zero-order chi connectivity index (χ0) is 14.3. The van der Waals surface area contributed by atoms with Crippen molar-refractivity contribution in [2.24, 2.45) is 0 Å². The molecule has 1 aromatic rings. The summed E-state index contributed by atoms with van der Waals surface area (Å²) in [6, 6.07) is 7.97. The highest BCUT2D eigenvalue weighted by molar-refractivity contribution is 9.10. The van der Waals surface area contributed by atoms with Gasteiger partial charge in [0.15, 0.2) is 0 Å². The van der Waals surface area contributed by atoms with Crippen LogP contribution in [0.15, 0.2) is 28.7 Å². The third-order valence-corrected chi connectivity index (χ3v) is 3.06. The zero-order valence-corrected chi connectivity index (χ0v) is 12.2. The lowest BCUT2D eigenvalue weighted by Gasteiger charge is -2.18. The molecule has 1 unspecified atom stereocenters. The summed E-state index contributed by atoms with van der Waals surface area (Å²) < 4.78 is 41.1. The van der Waals surface area contributed by atoms with Crippen LogP contribution in [0.25, 0.3) is 0 Å². The van der Waals surface area contributed by atoms with Gasteiger partial charge in [-0.3, -0.25) is 0 Å². The molecule has 1 aromatic carbocycles. The predicted molar refractivity (Wildman–Crippen MR) is 72.1 cm³/mol. The van der Waals surface area contributed by atoms with E-state index in [0.717, 1.165) is 16.5 Å². The molecule has 0 radical (unpaired) electrons. The van der Waals surface area contributed by atoms with Gasteiger partial charge in [-0.2, -0.15) is 13.2 Å². The molecule has 0 saturated heterocycles. The van der Waals surface area contributed by atoms with Gasteiger partial charge in [0.1, 0.15) is 6.61 Å². The number of ether oxygens (including phenoxy) is 1. The van der Waals surface area contributed by atoms with Crippen molar-refractivity contribution in [1.29, 1.82) is 0 Å². The second-order valence-electron chi connectivity index (χ2n) is 4.14. The number of halogens is 4. The topological polar surface area (TPSA) is 21.3 Å². The minimum Gasteiger partial charge on any atom is -0.371 e. The molecule has 0 bridgehead atoms. The molecule has 2 nitrogen and oxygen atoms in total. The van der Waals surface area contributed by atoms with Crippen molar-refractivity contribution in [2.75, 3.05) is 19.8 Å². The zero-order valence-electron chi connectivity index (χ0n) is 10.6. The van der Waals surface area contributed by atoms with Crippen molar-refractivity contribution in [3.05, 3.63) is 34.3 Å². The Kier molecular flexibility index (Phi) is 6.82. The molecule has 0 amide bonds. The molecule has 0 aliphatic rings. The first-order valence-corrected chi connectivity index (χ1v) is 6.85. The van der Waals surface area contributed by atoms with Gasteiger partial charge in [0.2, 0.25) is 0 Å². The van der Waals surface area contributed by atoms with Gasteiger partial charge >= 0.3 is 6.18 Å². The van der Waals surface area contributed by atoms with Crippen LogP contribution in [-0.4, -0.2) is 25.9 Å². The number of benzene rings is 1. The van der Waals surface area contributed by atoms with Gasteiger partial charge in [-0.25, -0.2) is 0 Å². The minimum absolute atomic E-state index is 0.0456. The van der Waals surface area contributed by atoms with Gasteiger partial charge in [0, 0.05) is 17.1 Å². The van der Waals surface area contributed by atoms with Crippen LogP contribution in [0.1, 0.15) is 24.9 Å². The third-order valence-electron chi connectivity index (χ3n) is 2.56. The molecule has 0 saturated carbocycles. The monoisotopic (exact) mass is 339 g/mol. The molecule has 0 fully saturated rings. The average Bonchev–Trinajstić information content (AvgIpc) is 2.32. The van der Waals surface area contributed by atoms with Crippen molar-refractivity contribution in [1.82, 2.24) is 5.32 Å². The number of hydrogen-bond donors (Lipinski definition) is 1. The Morgan fingerprint density at radius 2 is 2.11 bits per heavy atom. The Labute approximate surface area is 119 Å². The van der Waals surface area contributed by atoms with Gasteiger partial charge < -0.3 is 10.1 Å². The van der Waals surface area contributed by atoms with E-state index in [1.54, 1.807) is 0 Å². The fourth-order valence-electron chi connectivity index (χ4n) is 1.71. The molecule has 0 aliphatic carbocycles. The minimum atomic E-state index is -4.26. The molecule has 1 atom stereocenters. The number of alkyl halides is 3. The fourth-order valence-corrected chi connectivity index (χ4v) is 2.13. The summed E-state index contributed by atoms with van der Waals surface area (Å²) in [5.74, 6) is 0. The van der Waals surface area contributed by atoms with E-state index in [2.05, 4.69) is 26.0 Å². The van der Waals surface area contributed by atoms with Gasteiger partial charge in [0.05, 0.1) is 6.61 Å². The molecule has 1 N–H and O–H groups in total. The number of nitrogens with one attached hydrogen (secondary N) is 1. The van der Waals surface area contributed by atoms with Gasteiger partial charge in [-0.05, 0) is 24.1 Å². The molecular weight excluding hydrogens is 323 g/mol. The smallest absolute Gasteiger partial charge is 0.371 e. The van der Waals surface area contributed by atoms with E-state index in [4.69, 9.17) is 0 Å². The standard InChI is InChI=1S/C13H17BrF3NO/c1-2-12(10-4-3-5-11(14)8-10)18-6-7-19-9-13(15,16)17/h3-5,8,12,18H,2,6-7,9H2,1H3. The highest BCUT2D eigenvalue weighted by Crippen LogP contribution is 2.20. The first kappa shape index (κ1) is 16.5. The van der Waals surface area contributed by atoms with E-state index >= 15 is 0 Å². The van der Waals surface area contributed by atoms with Crippen molar-refractivity contribution >= 4 is 15.9 Å². The molecule has 0 aliphatic heterocycles. The number of hydrogen-bond acceptors (Lipinski definition) is 2. The Balaban J connectivity index is 2.34. The normalized spacial score (nSPS) is 13.5. The predicted octanol–water partition coefficient (Wildman–Crippen LogP) is 4.07. The second-order valence-corrected chi connectivity index (χ2v) is 5.05. The molecule has 108 valence electrons. The number of rotatable bonds is 7. The maximum absolute atomic E-state index is 11.9. The summed E-state index contributed by atoms with van der Waals surface area (Å²) in [6.45, 7) is 1.27. The van der Waals surface area contributed by atoms with Crippen LogP contribution in [-0.2, 0) is 4.74 Å². The summed E-state index contributed by atoms with van der Waals surface area (Å²) in [5, 5.41) is 3.19. The molecule has 0 spiro atoms. The van der Waals surface area contributed by atoms with Crippen LogP contribution in [0.5, 0.6) is 0 Å². The van der Waals surface area contributed by atoms with Crippen molar-refractivity contribution in [2.45, 2.75) is 25.6 Å². The average molecular weight is 340 g/mol. The van der Waals surface area contributed by atoms with Crippen LogP contribution in [0.3, 0.4) is 0 Å². The van der Waals surface area contributed by atoms with Crippen molar-refractivity contribution < 1.29 is 17.9 Å². The van der Waals surface area contributed by atoms with Crippen molar-refractivity contribution in [3.63, 3.8) is 0 Å². The van der Waals surface area contributed by atoms with E-state index in [1.807, 2.05) is 31.2 Å². The maximum atomic E-state index is 11.9. The highest BCUT2D eigenvalue weighted by Gasteiger charge is 2.27. The van der Waals surface area contributed by atoms with E-state index in [0.29, 0.717) is 6.54 Å². The molecule has 0 heterocycles. The maximum Gasteiger partial charge on any atom is 0.411 e. The Bertz CT molecular complexity index is 384. The second kappa shape index (κ2) is 7.87. The Hall–Kier alpha value is -0.590. The Morgan fingerprint density at radius 3 is 2.68 bits per heavy atom. The van der Waals surface area contributed by atoms with Gasteiger partial charge in [-0.15, -0.1) is 0 Å².